The fourth-order valence-corrected chi connectivity index (χ4v) is 12.2. The van der Waals surface area contributed by atoms with E-state index in [0.29, 0.717) is 30.3 Å². The van der Waals surface area contributed by atoms with Crippen molar-refractivity contribution in [3.8, 4) is 0 Å². The van der Waals surface area contributed by atoms with Crippen LogP contribution in [0.25, 0.3) is 0 Å². The van der Waals surface area contributed by atoms with E-state index in [1.54, 1.807) is 29.2 Å². The molecule has 2 aliphatic rings. The van der Waals surface area contributed by atoms with Crippen LogP contribution >= 0.6 is 0 Å². The lowest BCUT2D eigenvalue weighted by Gasteiger charge is -2.20. The first-order valence-electron chi connectivity index (χ1n) is 14.3. The highest BCUT2D eigenvalue weighted by molar-refractivity contribution is 8.10. The number of carbonyl (C=O) groups excluding carboxylic acids is 3. The summed E-state index contributed by atoms with van der Waals surface area (Å²) in [6.07, 6.45) is 1.82. The van der Waals surface area contributed by atoms with E-state index in [0.717, 1.165) is 29.9 Å². The third-order valence-electron chi connectivity index (χ3n) is 7.28. The maximum Gasteiger partial charge on any atom is 0.321 e. The highest BCUT2D eigenvalue weighted by Gasteiger charge is 2.34. The van der Waals surface area contributed by atoms with Gasteiger partial charge < -0.3 is 10.2 Å². The number of nitro groups is 1. The molecular weight excluding hydrogens is 627 g/mol. The van der Waals surface area contributed by atoms with Gasteiger partial charge in [-0.2, -0.15) is 0 Å². The summed E-state index contributed by atoms with van der Waals surface area (Å²) in [5, 5.41) is 15.6. The fourth-order valence-electron chi connectivity index (χ4n) is 4.85. The van der Waals surface area contributed by atoms with E-state index in [4.69, 9.17) is 0 Å². The molecule has 2 aliphatic heterocycles. The molecule has 0 radical (unpaired) electrons. The van der Waals surface area contributed by atoms with Crippen LogP contribution in [0.1, 0.15) is 46.4 Å². The predicted octanol–water partition coefficient (Wildman–Crippen LogP) is 3.92. The molecule has 44 heavy (non-hydrogen) atoms. The van der Waals surface area contributed by atoms with E-state index >= 15 is 0 Å². The van der Waals surface area contributed by atoms with E-state index < -0.39 is 56.3 Å². The van der Waals surface area contributed by atoms with Gasteiger partial charge in [-0.1, -0.05) is 31.8 Å². The molecule has 238 valence electrons. The number of rotatable bonds is 12. The number of amides is 4. The fraction of sp³-hybridized carbons (Fsp3) is 0.429. The number of carbonyl (C=O) groups is 3. The Morgan fingerprint density at radius 1 is 1.02 bits per heavy atom. The van der Waals surface area contributed by atoms with Gasteiger partial charge in [-0.3, -0.25) is 24.6 Å². The van der Waals surface area contributed by atoms with Crippen LogP contribution in [0.4, 0.5) is 16.2 Å². The van der Waals surface area contributed by atoms with Gasteiger partial charge in [-0.05, 0) is 55.3 Å². The number of anilines is 1. The van der Waals surface area contributed by atoms with E-state index in [-0.39, 0.29) is 35.7 Å². The van der Waals surface area contributed by atoms with Crippen molar-refractivity contribution >= 4 is 62.4 Å². The number of nitrogens with one attached hydrogen (secondary N) is 2. The molecule has 0 spiro atoms. The van der Waals surface area contributed by atoms with Gasteiger partial charge in [0.2, 0.25) is 10.0 Å². The quantitative estimate of drug-likeness (QED) is 0.0858. The minimum absolute atomic E-state index is 0.000420. The number of unbranched alkanes of at least 4 members (excludes halogenated alkanes) is 1. The van der Waals surface area contributed by atoms with Crippen LogP contribution in [0.5, 0.6) is 0 Å². The molecule has 2 N–H and O–H groups in total. The van der Waals surface area contributed by atoms with Gasteiger partial charge in [0.05, 0.1) is 42.1 Å². The number of hydrogen-bond donors (Lipinski definition) is 2. The molecule has 0 aliphatic carbocycles. The lowest BCUT2D eigenvalue weighted by molar-refractivity contribution is -0.385. The summed E-state index contributed by atoms with van der Waals surface area (Å²) in [6.45, 7) is 7.06. The Bertz CT molecular complexity index is 1670. The van der Waals surface area contributed by atoms with Gasteiger partial charge in [-0.25, -0.2) is 17.4 Å². The molecular formula is C28H37N5O8S2Si. The van der Waals surface area contributed by atoms with Crippen LogP contribution < -0.4 is 9.44 Å². The number of nitro benzene ring substituents is 1. The van der Waals surface area contributed by atoms with E-state index in [1.165, 1.54) is 11.4 Å². The van der Waals surface area contributed by atoms with Gasteiger partial charge in [-0.15, -0.1) is 4.13 Å². The first kappa shape index (κ1) is 33.3. The SMILES string of the molecule is C[Si](C)(C)CCS(=O)(=O)NS(=O)(=CCCCN1C(=O)c2ccccc2C1=O)c1cc(NC(=O)N2CCCC2)cc([N+](=O)[O-])c1. The third-order valence-corrected chi connectivity index (χ3v) is 13.8. The van der Waals surface area contributed by atoms with E-state index in [9.17, 15) is 37.1 Å². The summed E-state index contributed by atoms with van der Waals surface area (Å²) in [4.78, 5) is 51.7. The van der Waals surface area contributed by atoms with Gasteiger partial charge in [0.15, 0.2) is 0 Å². The van der Waals surface area contributed by atoms with Crippen LogP contribution in [0.3, 0.4) is 0 Å². The summed E-state index contributed by atoms with van der Waals surface area (Å²) in [5.74, 6) is -1.18. The minimum Gasteiger partial charge on any atom is -0.325 e. The lowest BCUT2D eigenvalue weighted by atomic mass is 10.1. The summed E-state index contributed by atoms with van der Waals surface area (Å²) in [5.41, 5.74) is 0.105. The minimum atomic E-state index is -4.12. The highest BCUT2D eigenvalue weighted by atomic mass is 32.3. The Balaban J connectivity index is 1.64. The largest absolute Gasteiger partial charge is 0.325 e. The molecule has 2 aromatic carbocycles. The molecule has 4 amide bonds. The molecule has 0 saturated carbocycles. The zero-order valence-corrected chi connectivity index (χ0v) is 27.5. The van der Waals surface area contributed by atoms with Crippen molar-refractivity contribution in [1.82, 2.24) is 13.9 Å². The monoisotopic (exact) mass is 663 g/mol. The Labute approximate surface area is 258 Å². The van der Waals surface area contributed by atoms with Gasteiger partial charge in [0.1, 0.15) is 0 Å². The Morgan fingerprint density at radius 3 is 2.20 bits per heavy atom. The normalized spacial score (nSPS) is 16.5. The summed E-state index contributed by atoms with van der Waals surface area (Å²) >= 11 is 0. The van der Waals surface area contributed by atoms with Crippen molar-refractivity contribution in [3.05, 3.63) is 63.7 Å². The van der Waals surface area contributed by atoms with Crippen molar-refractivity contribution in [3.63, 3.8) is 0 Å². The second-order valence-corrected chi connectivity index (χ2v) is 22.0. The van der Waals surface area contributed by atoms with Gasteiger partial charge in [0, 0.05) is 39.8 Å². The number of imide groups is 1. The summed E-state index contributed by atoms with van der Waals surface area (Å²) in [6, 6.07) is 9.78. The number of hydrogen-bond acceptors (Lipinski definition) is 8. The number of benzene rings is 2. The number of urea groups is 1. The number of likely N-dealkylation sites (tertiary alicyclic amines) is 1. The molecule has 1 unspecified atom stereocenters. The van der Waals surface area contributed by atoms with Crippen LogP contribution in [0.15, 0.2) is 47.4 Å². The van der Waals surface area contributed by atoms with Gasteiger partial charge in [0.25, 0.3) is 17.5 Å². The standard InChI is InChI=1S/C28H37N5O8S2Si/c1-44(2,3)17-16-43(40,41)30-42(39,15-9-8-14-32-26(34)24-10-4-5-11-25(24)27(32)35)23-19-21(18-22(20-23)33(37)38)29-28(36)31-12-6-7-13-31/h4-5,10-11,15,18-20H,6-9,12-14,16-17H2,1-3H3,(H,29,36)(H,30,39). The maximum absolute atomic E-state index is 14.5. The number of fused-ring (bicyclic) bond motifs is 1. The smallest absolute Gasteiger partial charge is 0.321 e. The second kappa shape index (κ2) is 13.2. The Kier molecular flexibility index (Phi) is 9.97. The number of sulfonamides is 1. The van der Waals surface area contributed by atoms with Crippen molar-refractivity contribution < 1.29 is 31.9 Å². The topological polar surface area (TPSA) is 176 Å². The average molecular weight is 664 g/mol. The van der Waals surface area contributed by atoms with E-state index in [2.05, 4.69) is 9.44 Å². The van der Waals surface area contributed by atoms with Crippen LogP contribution in [-0.2, 0) is 19.7 Å². The zero-order valence-electron chi connectivity index (χ0n) is 24.9. The van der Waals surface area contributed by atoms with Crippen molar-refractivity contribution in [1.29, 1.82) is 0 Å². The second-order valence-electron chi connectivity index (χ2n) is 12.0. The van der Waals surface area contributed by atoms with E-state index in [1.807, 2.05) is 19.6 Å². The third kappa shape index (κ3) is 8.10. The number of nitrogens with zero attached hydrogens (tertiary/aromatic N) is 3. The summed E-state index contributed by atoms with van der Waals surface area (Å²) in [7, 11) is -9.73. The maximum atomic E-state index is 14.5. The predicted molar refractivity (Wildman–Crippen MR) is 172 cm³/mol. The molecule has 2 aromatic rings. The highest BCUT2D eigenvalue weighted by Crippen LogP contribution is 2.27. The molecule has 2 heterocycles. The van der Waals surface area contributed by atoms with Crippen LogP contribution in [0, 0.1) is 10.1 Å². The summed E-state index contributed by atoms with van der Waals surface area (Å²) < 4.78 is 43.1. The molecule has 16 heteroatoms. The zero-order chi connectivity index (χ0) is 32.3. The first-order valence-corrected chi connectivity index (χ1v) is 21.3. The average Bonchev–Trinajstić information content (AvgIpc) is 3.57. The molecule has 1 atom stereocenters. The molecule has 0 aromatic heterocycles. The Hall–Kier alpha value is -3.60. The van der Waals surface area contributed by atoms with Crippen molar-refractivity contribution in [2.45, 2.75) is 56.3 Å². The molecule has 4 rings (SSSR count). The van der Waals surface area contributed by atoms with Gasteiger partial charge >= 0.3 is 6.03 Å². The van der Waals surface area contributed by atoms with Crippen molar-refractivity contribution in [2.24, 2.45) is 0 Å². The number of non-ortho nitro benzene ring substituents is 1. The van der Waals surface area contributed by atoms with Crippen LogP contribution in [-0.4, -0.2) is 84.0 Å². The molecule has 1 fully saturated rings. The molecule has 1 saturated heterocycles. The van der Waals surface area contributed by atoms with Crippen molar-refractivity contribution in [2.75, 3.05) is 30.7 Å². The Morgan fingerprint density at radius 2 is 1.64 bits per heavy atom. The lowest BCUT2D eigenvalue weighted by Crippen LogP contribution is -2.36. The van der Waals surface area contributed by atoms with Crippen LogP contribution in [0.2, 0.25) is 25.7 Å². The molecule has 13 nitrogen and oxygen atoms in total. The first-order chi connectivity index (χ1) is 20.6. The molecule has 0 bridgehead atoms.